The first kappa shape index (κ1) is 20.2. The average Bonchev–Trinajstić information content (AvgIpc) is 3.13. The van der Waals surface area contributed by atoms with Crippen LogP contribution in [0.25, 0.3) is 11.0 Å². The van der Waals surface area contributed by atoms with Gasteiger partial charge in [-0.15, -0.1) is 0 Å². The zero-order valence-corrected chi connectivity index (χ0v) is 17.7. The summed E-state index contributed by atoms with van der Waals surface area (Å²) in [6.45, 7) is 7.60. The molecular formula is C19H27N3O3S2. The molecular weight excluding hydrogens is 382 g/mol. The summed E-state index contributed by atoms with van der Waals surface area (Å²) in [5.41, 5.74) is 2.01. The molecule has 27 heavy (non-hydrogen) atoms. The van der Waals surface area contributed by atoms with Crippen molar-refractivity contribution >= 4 is 38.5 Å². The molecule has 8 heteroatoms. The van der Waals surface area contributed by atoms with Crippen LogP contribution in [-0.2, 0) is 21.2 Å². The summed E-state index contributed by atoms with van der Waals surface area (Å²) in [5.74, 6) is 0.981. The molecule has 1 aliphatic rings. The number of aromatic nitrogens is 2. The van der Waals surface area contributed by atoms with Crippen LogP contribution in [0.5, 0.6) is 0 Å². The number of imidazole rings is 1. The Morgan fingerprint density at radius 3 is 2.74 bits per heavy atom. The monoisotopic (exact) mass is 409 g/mol. The highest BCUT2D eigenvalue weighted by molar-refractivity contribution is 7.99. The van der Waals surface area contributed by atoms with Gasteiger partial charge in [0, 0.05) is 19.1 Å². The standard InChI is InChI=1S/C19H27N3O3S2/c1-4-21(15-9-10-27(24,25)13-15)18(23)12-26-19-20-16-7-5-6-8-17(16)22(19)11-14(2)3/h5-8,14-15H,4,9-13H2,1-3H3/t15-/m1/s1. The smallest absolute Gasteiger partial charge is 0.233 e. The van der Waals surface area contributed by atoms with Gasteiger partial charge in [-0.3, -0.25) is 4.79 Å². The first-order valence-corrected chi connectivity index (χ1v) is 12.2. The maximum absolute atomic E-state index is 12.8. The Morgan fingerprint density at radius 2 is 2.11 bits per heavy atom. The third-order valence-electron chi connectivity index (χ3n) is 4.80. The Bertz CT molecular complexity index is 921. The van der Waals surface area contributed by atoms with Gasteiger partial charge < -0.3 is 9.47 Å². The van der Waals surface area contributed by atoms with E-state index < -0.39 is 9.84 Å². The lowest BCUT2D eigenvalue weighted by Crippen LogP contribution is -2.42. The van der Waals surface area contributed by atoms with Crippen molar-refractivity contribution < 1.29 is 13.2 Å². The minimum absolute atomic E-state index is 0.0206. The Hall–Kier alpha value is -1.54. The summed E-state index contributed by atoms with van der Waals surface area (Å²) in [4.78, 5) is 19.2. The van der Waals surface area contributed by atoms with Crippen LogP contribution in [0.2, 0.25) is 0 Å². The van der Waals surface area contributed by atoms with Crippen molar-refractivity contribution in [3.8, 4) is 0 Å². The number of carbonyl (C=O) groups excluding carboxylic acids is 1. The normalized spacial score (nSPS) is 19.0. The van der Waals surface area contributed by atoms with Crippen molar-refractivity contribution in [1.29, 1.82) is 0 Å². The summed E-state index contributed by atoms with van der Waals surface area (Å²) in [5, 5.41) is 0.841. The van der Waals surface area contributed by atoms with Gasteiger partial charge in [-0.1, -0.05) is 37.7 Å². The zero-order chi connectivity index (χ0) is 19.6. The van der Waals surface area contributed by atoms with Gasteiger partial charge in [-0.25, -0.2) is 13.4 Å². The maximum Gasteiger partial charge on any atom is 0.233 e. The van der Waals surface area contributed by atoms with Gasteiger partial charge in [0.05, 0.1) is 28.3 Å². The molecule has 0 radical (unpaired) electrons. The van der Waals surface area contributed by atoms with Crippen molar-refractivity contribution in [3.63, 3.8) is 0 Å². The predicted molar refractivity (Wildman–Crippen MR) is 110 cm³/mol. The van der Waals surface area contributed by atoms with E-state index in [4.69, 9.17) is 4.98 Å². The fourth-order valence-corrected chi connectivity index (χ4v) is 6.21. The third-order valence-corrected chi connectivity index (χ3v) is 7.51. The van der Waals surface area contributed by atoms with Gasteiger partial charge >= 0.3 is 0 Å². The molecule has 0 saturated carbocycles. The second kappa shape index (κ2) is 8.22. The van der Waals surface area contributed by atoms with Gasteiger partial charge in [-0.05, 0) is 31.4 Å². The molecule has 6 nitrogen and oxygen atoms in total. The van der Waals surface area contributed by atoms with Crippen LogP contribution >= 0.6 is 11.8 Å². The summed E-state index contributed by atoms with van der Waals surface area (Å²) >= 11 is 1.44. The number of hydrogen-bond acceptors (Lipinski definition) is 5. The van der Waals surface area contributed by atoms with E-state index in [9.17, 15) is 13.2 Å². The van der Waals surface area contributed by atoms with Crippen LogP contribution in [0.15, 0.2) is 29.4 Å². The van der Waals surface area contributed by atoms with Crippen LogP contribution in [0, 0.1) is 5.92 Å². The maximum atomic E-state index is 12.8. The van der Waals surface area contributed by atoms with E-state index in [0.717, 1.165) is 22.7 Å². The number of benzene rings is 1. The van der Waals surface area contributed by atoms with E-state index in [1.54, 1.807) is 4.90 Å². The fraction of sp³-hybridized carbons (Fsp3) is 0.579. The Morgan fingerprint density at radius 1 is 1.37 bits per heavy atom. The molecule has 1 aromatic heterocycles. The SMILES string of the molecule is CCN(C(=O)CSc1nc2ccccc2n1CC(C)C)[C@@H]1CCS(=O)(=O)C1. The van der Waals surface area contributed by atoms with Crippen LogP contribution in [0.1, 0.15) is 27.2 Å². The Balaban J connectivity index is 1.74. The number of carbonyl (C=O) groups is 1. The lowest BCUT2D eigenvalue weighted by Gasteiger charge is -2.26. The van der Waals surface area contributed by atoms with Gasteiger partial charge in [0.2, 0.25) is 5.91 Å². The van der Waals surface area contributed by atoms with Crippen molar-refractivity contribution in [1.82, 2.24) is 14.5 Å². The molecule has 2 heterocycles. The number of nitrogens with zero attached hydrogens (tertiary/aromatic N) is 3. The van der Waals surface area contributed by atoms with Crippen molar-refractivity contribution in [2.75, 3.05) is 23.8 Å². The molecule has 0 bridgehead atoms. The van der Waals surface area contributed by atoms with E-state index in [0.29, 0.717) is 18.9 Å². The average molecular weight is 410 g/mol. The van der Waals surface area contributed by atoms with Crippen molar-refractivity contribution in [3.05, 3.63) is 24.3 Å². The van der Waals surface area contributed by atoms with E-state index in [2.05, 4.69) is 24.5 Å². The molecule has 148 valence electrons. The van der Waals surface area contributed by atoms with Crippen LogP contribution in [0.4, 0.5) is 0 Å². The van der Waals surface area contributed by atoms with E-state index in [1.807, 2.05) is 25.1 Å². The highest BCUT2D eigenvalue weighted by atomic mass is 32.2. The number of sulfone groups is 1. The first-order chi connectivity index (χ1) is 12.8. The van der Waals surface area contributed by atoms with Crippen LogP contribution in [-0.4, -0.2) is 58.6 Å². The number of hydrogen-bond donors (Lipinski definition) is 0. The number of para-hydroxylation sites is 2. The van der Waals surface area contributed by atoms with Crippen molar-refractivity contribution in [2.24, 2.45) is 5.92 Å². The second-order valence-electron chi connectivity index (χ2n) is 7.41. The summed E-state index contributed by atoms with van der Waals surface area (Å²) < 4.78 is 25.7. The fourth-order valence-electron chi connectivity index (χ4n) is 3.57. The largest absolute Gasteiger partial charge is 0.338 e. The molecule has 1 atom stereocenters. The van der Waals surface area contributed by atoms with Gasteiger partial charge in [0.1, 0.15) is 0 Å². The zero-order valence-electron chi connectivity index (χ0n) is 16.1. The Kier molecular flexibility index (Phi) is 6.15. The molecule has 0 N–H and O–H groups in total. The molecule has 1 amide bonds. The molecule has 1 aromatic carbocycles. The van der Waals surface area contributed by atoms with E-state index in [-0.39, 0.29) is 29.2 Å². The highest BCUT2D eigenvalue weighted by Crippen LogP contribution is 2.26. The number of rotatable bonds is 7. The minimum Gasteiger partial charge on any atom is -0.338 e. The quantitative estimate of drug-likeness (QED) is 0.658. The van der Waals surface area contributed by atoms with E-state index in [1.165, 1.54) is 11.8 Å². The molecule has 0 spiro atoms. The molecule has 1 aliphatic heterocycles. The summed E-state index contributed by atoms with van der Waals surface area (Å²) in [6, 6.07) is 7.81. The van der Waals surface area contributed by atoms with Crippen LogP contribution < -0.4 is 0 Å². The number of fused-ring (bicyclic) bond motifs is 1. The molecule has 1 saturated heterocycles. The molecule has 0 aliphatic carbocycles. The molecule has 0 unspecified atom stereocenters. The number of amides is 1. The third kappa shape index (κ3) is 4.66. The van der Waals surface area contributed by atoms with Gasteiger partial charge in [0.15, 0.2) is 15.0 Å². The molecule has 3 rings (SSSR count). The first-order valence-electron chi connectivity index (χ1n) is 9.38. The van der Waals surface area contributed by atoms with Crippen LogP contribution in [0.3, 0.4) is 0 Å². The minimum atomic E-state index is -3.01. The lowest BCUT2D eigenvalue weighted by atomic mass is 10.2. The highest BCUT2D eigenvalue weighted by Gasteiger charge is 2.33. The van der Waals surface area contributed by atoms with Crippen molar-refractivity contribution in [2.45, 2.75) is 44.9 Å². The predicted octanol–water partition coefficient (Wildman–Crippen LogP) is 2.82. The molecule has 1 fully saturated rings. The molecule has 2 aromatic rings. The number of thioether (sulfide) groups is 1. The summed E-state index contributed by atoms with van der Waals surface area (Å²) in [6.07, 6.45) is 0.540. The van der Waals surface area contributed by atoms with E-state index >= 15 is 0 Å². The summed E-state index contributed by atoms with van der Waals surface area (Å²) in [7, 11) is -3.01. The topological polar surface area (TPSA) is 72.3 Å². The Labute approximate surface area is 165 Å². The lowest BCUT2D eigenvalue weighted by molar-refractivity contribution is -0.129. The second-order valence-corrected chi connectivity index (χ2v) is 10.6. The van der Waals surface area contributed by atoms with Gasteiger partial charge in [0.25, 0.3) is 0 Å². The van der Waals surface area contributed by atoms with Gasteiger partial charge in [-0.2, -0.15) is 0 Å².